The molecule has 1 N–H and O–H groups in total. The molecule has 1 fully saturated rings. The Balaban J connectivity index is 2.08. The number of nitrogens with zero attached hydrogens (tertiary/aromatic N) is 1. The molecule has 0 radical (unpaired) electrons. The molecule has 1 amide bonds. The number of esters is 1. The van der Waals surface area contributed by atoms with Crippen molar-refractivity contribution in [3.05, 3.63) is 0 Å². The van der Waals surface area contributed by atoms with E-state index in [1.54, 1.807) is 0 Å². The Bertz CT molecular complexity index is 236. The van der Waals surface area contributed by atoms with Crippen LogP contribution >= 0.6 is 0 Å². The normalized spacial score (nSPS) is 20.1. The molecule has 0 aliphatic carbocycles. The van der Waals surface area contributed by atoms with Gasteiger partial charge in [0.25, 0.3) is 0 Å². The highest BCUT2D eigenvalue weighted by atomic mass is 16.6. The first kappa shape index (κ1) is 13.0. The third kappa shape index (κ3) is 3.81. The summed E-state index contributed by atoms with van der Waals surface area (Å²) in [6.45, 7) is 7.46. The fourth-order valence-electron chi connectivity index (χ4n) is 1.75. The van der Waals surface area contributed by atoms with E-state index in [-0.39, 0.29) is 0 Å². The smallest absolute Gasteiger partial charge is 0.398 e. The van der Waals surface area contributed by atoms with Crippen molar-refractivity contribution >= 4 is 11.9 Å². The maximum absolute atomic E-state index is 10.8. The van der Waals surface area contributed by atoms with E-state index in [2.05, 4.69) is 24.1 Å². The molecule has 1 atom stereocenters. The van der Waals surface area contributed by atoms with Gasteiger partial charge in [-0.3, -0.25) is 4.79 Å². The van der Waals surface area contributed by atoms with E-state index in [9.17, 15) is 9.59 Å². The molecule has 0 spiro atoms. The fraction of sp³-hybridized carbons (Fsp3) is 0.818. The summed E-state index contributed by atoms with van der Waals surface area (Å²) in [5.41, 5.74) is 0. The zero-order valence-corrected chi connectivity index (χ0v) is 9.99. The van der Waals surface area contributed by atoms with Crippen molar-refractivity contribution in [3.63, 3.8) is 0 Å². The van der Waals surface area contributed by atoms with Crippen LogP contribution in [-0.2, 0) is 14.3 Å². The average Bonchev–Trinajstić information content (AvgIpc) is 2.59. The summed E-state index contributed by atoms with van der Waals surface area (Å²) in [5.74, 6) is -1.37. The molecular weight excluding hydrogens is 208 g/mol. The molecule has 0 saturated carbocycles. The predicted octanol–water partition coefficient (Wildman–Crippen LogP) is 0.498. The van der Waals surface area contributed by atoms with Crippen LogP contribution in [0.15, 0.2) is 0 Å². The maximum Gasteiger partial charge on any atom is 0.398 e. The molecule has 1 saturated heterocycles. The van der Waals surface area contributed by atoms with E-state index < -0.39 is 18.1 Å². The molecular formula is C11H20N2O3. The number of cyclic esters (lactones) is 1. The molecule has 1 aliphatic heterocycles. The van der Waals surface area contributed by atoms with Gasteiger partial charge in [0.2, 0.25) is 0 Å². The molecule has 0 aromatic heterocycles. The summed E-state index contributed by atoms with van der Waals surface area (Å²) in [7, 11) is 0. The minimum atomic E-state index is -0.756. The second-order valence-corrected chi connectivity index (χ2v) is 3.89. The van der Waals surface area contributed by atoms with Crippen molar-refractivity contribution in [2.75, 3.05) is 19.6 Å². The number of carbonyl (C=O) groups is 2. The Morgan fingerprint density at radius 1 is 1.25 bits per heavy atom. The topological polar surface area (TPSA) is 58.6 Å². The number of ether oxygens (including phenoxy) is 1. The van der Waals surface area contributed by atoms with Gasteiger partial charge in [0.05, 0.1) is 0 Å². The van der Waals surface area contributed by atoms with Crippen LogP contribution in [-0.4, -0.2) is 42.6 Å². The fourth-order valence-corrected chi connectivity index (χ4v) is 1.75. The summed E-state index contributed by atoms with van der Waals surface area (Å²) in [6, 6.07) is 0. The van der Waals surface area contributed by atoms with Gasteiger partial charge in [-0.2, -0.15) is 0 Å². The molecule has 1 heterocycles. The number of rotatable bonds is 7. The van der Waals surface area contributed by atoms with Crippen molar-refractivity contribution in [2.24, 2.45) is 0 Å². The number of hydrogen-bond donors (Lipinski definition) is 1. The van der Waals surface area contributed by atoms with Crippen LogP contribution < -0.4 is 5.32 Å². The first-order valence-corrected chi connectivity index (χ1v) is 5.91. The third-order valence-electron chi connectivity index (χ3n) is 2.81. The molecule has 5 heteroatoms. The number of unbranched alkanes of at least 4 members (excludes halogenated alkanes) is 1. The molecule has 0 aromatic rings. The van der Waals surface area contributed by atoms with E-state index in [1.807, 2.05) is 0 Å². The Labute approximate surface area is 96.1 Å². The molecule has 0 bridgehead atoms. The standard InChI is InChI=1S/C11H20N2O3/c1-3-13(4-2)8-6-5-7-9-12-10(14)11(15)16-9/h9H,3-8H2,1-2H3,(H,12,14). The molecule has 1 unspecified atom stereocenters. The first-order chi connectivity index (χ1) is 7.67. The number of amides is 1. The third-order valence-corrected chi connectivity index (χ3v) is 2.81. The van der Waals surface area contributed by atoms with Gasteiger partial charge < -0.3 is 15.0 Å². The van der Waals surface area contributed by atoms with Crippen LogP contribution in [0, 0.1) is 0 Å². The monoisotopic (exact) mass is 228 g/mol. The van der Waals surface area contributed by atoms with Gasteiger partial charge in [-0.15, -0.1) is 0 Å². The maximum atomic E-state index is 10.8. The first-order valence-electron chi connectivity index (χ1n) is 5.91. The molecule has 92 valence electrons. The minimum Gasteiger partial charge on any atom is -0.435 e. The number of carbonyl (C=O) groups excluding carboxylic acids is 2. The molecule has 5 nitrogen and oxygen atoms in total. The van der Waals surface area contributed by atoms with E-state index in [0.29, 0.717) is 6.42 Å². The van der Waals surface area contributed by atoms with Gasteiger partial charge in [0, 0.05) is 6.42 Å². The van der Waals surface area contributed by atoms with Crippen molar-refractivity contribution < 1.29 is 14.3 Å². The minimum absolute atomic E-state index is 0.406. The second-order valence-electron chi connectivity index (χ2n) is 3.89. The van der Waals surface area contributed by atoms with E-state index in [0.717, 1.165) is 32.5 Å². The number of nitrogens with one attached hydrogen (secondary N) is 1. The second kappa shape index (κ2) is 6.48. The van der Waals surface area contributed by atoms with Gasteiger partial charge in [-0.1, -0.05) is 13.8 Å². The van der Waals surface area contributed by atoms with E-state index in [4.69, 9.17) is 4.74 Å². The lowest BCUT2D eigenvalue weighted by Crippen LogP contribution is -2.27. The Hall–Kier alpha value is -1.10. The van der Waals surface area contributed by atoms with Gasteiger partial charge in [0.15, 0.2) is 6.23 Å². The van der Waals surface area contributed by atoms with Crippen LogP contribution in [0.25, 0.3) is 0 Å². The van der Waals surface area contributed by atoms with Crippen molar-refractivity contribution in [1.29, 1.82) is 0 Å². The van der Waals surface area contributed by atoms with Crippen molar-refractivity contribution in [2.45, 2.75) is 39.3 Å². The summed E-state index contributed by atoms with van der Waals surface area (Å²) < 4.78 is 4.82. The Morgan fingerprint density at radius 3 is 2.44 bits per heavy atom. The number of hydrogen-bond acceptors (Lipinski definition) is 4. The highest BCUT2D eigenvalue weighted by Gasteiger charge is 2.30. The molecule has 1 aliphatic rings. The van der Waals surface area contributed by atoms with Crippen molar-refractivity contribution in [3.8, 4) is 0 Å². The van der Waals surface area contributed by atoms with Gasteiger partial charge in [-0.05, 0) is 32.5 Å². The largest absolute Gasteiger partial charge is 0.435 e. The Kier molecular flexibility index (Phi) is 5.25. The highest BCUT2D eigenvalue weighted by Crippen LogP contribution is 2.08. The SMILES string of the molecule is CCN(CC)CCCCC1NC(=O)C(=O)O1. The average molecular weight is 228 g/mol. The quantitative estimate of drug-likeness (QED) is 0.391. The summed E-state index contributed by atoms with van der Waals surface area (Å²) >= 11 is 0. The van der Waals surface area contributed by atoms with E-state index >= 15 is 0 Å². The van der Waals surface area contributed by atoms with Gasteiger partial charge in [0.1, 0.15) is 0 Å². The Morgan fingerprint density at radius 2 is 1.94 bits per heavy atom. The van der Waals surface area contributed by atoms with Crippen molar-refractivity contribution in [1.82, 2.24) is 10.2 Å². The zero-order chi connectivity index (χ0) is 12.0. The highest BCUT2D eigenvalue weighted by molar-refractivity contribution is 6.34. The van der Waals surface area contributed by atoms with Crippen LogP contribution in [0.2, 0.25) is 0 Å². The lowest BCUT2D eigenvalue weighted by molar-refractivity contribution is -0.149. The van der Waals surface area contributed by atoms with E-state index in [1.165, 1.54) is 0 Å². The van der Waals surface area contributed by atoms with Crippen LogP contribution in [0.5, 0.6) is 0 Å². The summed E-state index contributed by atoms with van der Waals surface area (Å²) in [4.78, 5) is 23.9. The predicted molar refractivity (Wildman–Crippen MR) is 59.7 cm³/mol. The summed E-state index contributed by atoms with van der Waals surface area (Å²) in [6.07, 6.45) is 2.32. The summed E-state index contributed by atoms with van der Waals surface area (Å²) in [5, 5.41) is 2.50. The van der Waals surface area contributed by atoms with Crippen LogP contribution in [0.4, 0.5) is 0 Å². The molecule has 1 rings (SSSR count). The molecule has 16 heavy (non-hydrogen) atoms. The van der Waals surface area contributed by atoms with Crippen LogP contribution in [0.3, 0.4) is 0 Å². The molecule has 0 aromatic carbocycles. The van der Waals surface area contributed by atoms with Crippen LogP contribution in [0.1, 0.15) is 33.1 Å². The lowest BCUT2D eigenvalue weighted by Gasteiger charge is -2.17. The van der Waals surface area contributed by atoms with Gasteiger partial charge in [-0.25, -0.2) is 4.79 Å². The zero-order valence-electron chi connectivity index (χ0n) is 9.99. The van der Waals surface area contributed by atoms with Gasteiger partial charge >= 0.3 is 11.9 Å². The lowest BCUT2D eigenvalue weighted by atomic mass is 10.2.